The summed E-state index contributed by atoms with van der Waals surface area (Å²) in [7, 11) is -3.89. The number of amides is 1. The Bertz CT molecular complexity index is 1380. The third-order valence-corrected chi connectivity index (χ3v) is 11.5. The molecule has 1 N–H and O–H groups in total. The summed E-state index contributed by atoms with van der Waals surface area (Å²) in [6.45, 7) is 10.3. The first-order chi connectivity index (χ1) is 18.8. The second-order valence-corrected chi connectivity index (χ2v) is 15.2. The lowest BCUT2D eigenvalue weighted by Crippen LogP contribution is -2.53. The van der Waals surface area contributed by atoms with Gasteiger partial charge in [-0.05, 0) is 83.9 Å². The Morgan fingerprint density at radius 3 is 2.30 bits per heavy atom. The van der Waals surface area contributed by atoms with Crippen molar-refractivity contribution >= 4 is 39.1 Å². The fourth-order valence-corrected chi connectivity index (χ4v) is 8.70. The van der Waals surface area contributed by atoms with Gasteiger partial charge in [0.1, 0.15) is 4.90 Å². The first-order valence-electron chi connectivity index (χ1n) is 14.5. The van der Waals surface area contributed by atoms with Crippen molar-refractivity contribution in [2.45, 2.75) is 102 Å². The van der Waals surface area contributed by atoms with Crippen molar-refractivity contribution in [3.05, 3.63) is 39.5 Å². The molecule has 1 aromatic carbocycles. The molecule has 0 unspecified atom stereocenters. The summed E-state index contributed by atoms with van der Waals surface area (Å²) in [5.74, 6) is 0.531. The maximum absolute atomic E-state index is 13.8. The molecule has 5 rings (SSSR count). The van der Waals surface area contributed by atoms with Gasteiger partial charge in [0.25, 0.3) is 5.91 Å². The molecule has 0 radical (unpaired) electrons. The second kappa shape index (κ2) is 11.3. The predicted molar refractivity (Wildman–Crippen MR) is 160 cm³/mol. The van der Waals surface area contributed by atoms with E-state index in [1.807, 2.05) is 17.9 Å². The third-order valence-electron chi connectivity index (χ3n) is 8.74. The van der Waals surface area contributed by atoms with Gasteiger partial charge in [0.15, 0.2) is 0 Å². The molecular formula is C30H41Cl2N3O4S. The minimum absolute atomic E-state index is 0.0195. The Labute approximate surface area is 248 Å². The van der Waals surface area contributed by atoms with E-state index in [9.17, 15) is 13.2 Å². The van der Waals surface area contributed by atoms with Crippen LogP contribution in [0.25, 0.3) is 11.3 Å². The molecule has 1 spiro atoms. The van der Waals surface area contributed by atoms with Crippen LogP contribution >= 0.6 is 23.2 Å². The molecule has 1 aromatic heterocycles. The van der Waals surface area contributed by atoms with Gasteiger partial charge in [-0.15, -0.1) is 0 Å². The Hall–Kier alpha value is -1.58. The summed E-state index contributed by atoms with van der Waals surface area (Å²) >= 11 is 13.5. The fraction of sp³-hybridized carbons (Fsp3) is 0.633. The Balaban J connectivity index is 1.51. The number of benzene rings is 1. The van der Waals surface area contributed by atoms with Crippen LogP contribution in [0, 0.1) is 12.8 Å². The molecule has 1 amide bonds. The highest BCUT2D eigenvalue weighted by atomic mass is 35.5. The predicted octanol–water partition coefficient (Wildman–Crippen LogP) is 6.82. The molecule has 0 bridgehead atoms. The van der Waals surface area contributed by atoms with Gasteiger partial charge >= 0.3 is 0 Å². The fourth-order valence-electron chi connectivity index (χ4n) is 6.42. The van der Waals surface area contributed by atoms with Gasteiger partial charge in [-0.3, -0.25) is 4.79 Å². The van der Waals surface area contributed by atoms with Crippen LogP contribution in [0.3, 0.4) is 0 Å². The summed E-state index contributed by atoms with van der Waals surface area (Å²) in [5, 5.41) is 0.149. The molecule has 3 fully saturated rings. The minimum Gasteiger partial charge on any atom is -0.375 e. The highest BCUT2D eigenvalue weighted by molar-refractivity contribution is 7.89. The number of aromatic nitrogens is 1. The molecule has 0 atom stereocenters. The molecule has 2 aliphatic heterocycles. The Kier molecular flexibility index (Phi) is 8.41. The number of ether oxygens (including phenoxy) is 1. The van der Waals surface area contributed by atoms with Gasteiger partial charge in [0.2, 0.25) is 10.0 Å². The zero-order valence-corrected chi connectivity index (χ0v) is 26.3. The standard InChI is InChI=1S/C30H41Cl2N3O4S/c1-20-23(28(36)34-15-12-30(13-16-34)14-17-39-30)18-24(35(20)19-21-8-6-5-7-9-21)22-10-11-25(27(32)26(22)31)40(37,38)33-29(2,3)4/h10-11,18,21,33H,5-9,12-17,19H2,1-4H3. The van der Waals surface area contributed by atoms with E-state index in [0.717, 1.165) is 56.6 Å². The molecular weight excluding hydrogens is 569 g/mol. The van der Waals surface area contributed by atoms with Gasteiger partial charge < -0.3 is 14.2 Å². The van der Waals surface area contributed by atoms with Gasteiger partial charge in [-0.25, -0.2) is 13.1 Å². The highest BCUT2D eigenvalue weighted by Crippen LogP contribution is 2.41. The quantitative estimate of drug-likeness (QED) is 0.389. The topological polar surface area (TPSA) is 80.6 Å². The number of likely N-dealkylation sites (tertiary alicyclic amines) is 1. The Morgan fingerprint density at radius 2 is 1.73 bits per heavy atom. The molecule has 3 aliphatic rings. The lowest BCUT2D eigenvalue weighted by Gasteiger charge is -2.47. The zero-order chi connectivity index (χ0) is 28.9. The number of hydrogen-bond acceptors (Lipinski definition) is 4. The van der Waals surface area contributed by atoms with E-state index >= 15 is 0 Å². The number of rotatable bonds is 6. The molecule has 2 saturated heterocycles. The van der Waals surface area contributed by atoms with E-state index in [-0.39, 0.29) is 26.4 Å². The highest BCUT2D eigenvalue weighted by Gasteiger charge is 2.42. The van der Waals surface area contributed by atoms with Crippen molar-refractivity contribution in [3.8, 4) is 11.3 Å². The molecule has 1 saturated carbocycles. The van der Waals surface area contributed by atoms with Crippen molar-refractivity contribution in [1.82, 2.24) is 14.2 Å². The van der Waals surface area contributed by atoms with Gasteiger partial charge in [0, 0.05) is 36.4 Å². The van der Waals surface area contributed by atoms with E-state index in [1.165, 1.54) is 25.3 Å². The van der Waals surface area contributed by atoms with Gasteiger partial charge in [-0.2, -0.15) is 0 Å². The number of carbonyl (C=O) groups is 1. The van der Waals surface area contributed by atoms with Crippen molar-refractivity contribution < 1.29 is 17.9 Å². The van der Waals surface area contributed by atoms with Crippen molar-refractivity contribution in [1.29, 1.82) is 0 Å². The number of nitrogens with one attached hydrogen (secondary N) is 1. The first-order valence-corrected chi connectivity index (χ1v) is 16.7. The van der Waals surface area contributed by atoms with E-state index in [4.69, 9.17) is 27.9 Å². The van der Waals surface area contributed by atoms with Crippen LogP contribution in [0.5, 0.6) is 0 Å². The lowest BCUT2D eigenvalue weighted by molar-refractivity contribution is -0.169. The monoisotopic (exact) mass is 609 g/mol. The number of hydrogen-bond donors (Lipinski definition) is 1. The van der Waals surface area contributed by atoms with E-state index in [1.54, 1.807) is 26.8 Å². The van der Waals surface area contributed by atoms with E-state index in [2.05, 4.69) is 9.29 Å². The zero-order valence-electron chi connectivity index (χ0n) is 24.0. The third kappa shape index (κ3) is 5.98. The maximum atomic E-state index is 13.8. The van der Waals surface area contributed by atoms with Crippen LogP contribution in [-0.2, 0) is 21.3 Å². The second-order valence-electron chi connectivity index (χ2n) is 12.8. The number of sulfonamides is 1. The summed E-state index contributed by atoms with van der Waals surface area (Å²) in [6.07, 6.45) is 8.80. The number of halogens is 2. The van der Waals surface area contributed by atoms with Crippen molar-refractivity contribution in [2.75, 3.05) is 19.7 Å². The van der Waals surface area contributed by atoms with Crippen LogP contribution in [0.1, 0.15) is 88.2 Å². The summed E-state index contributed by atoms with van der Waals surface area (Å²) in [5.41, 5.74) is 2.28. The molecule has 3 heterocycles. The SMILES string of the molecule is Cc1c(C(=O)N2CCC3(CCO3)CC2)cc(-c2ccc(S(=O)(=O)NC(C)(C)C)c(Cl)c2Cl)n1CC1CCCCC1. The number of nitrogens with zero attached hydrogens (tertiary/aromatic N) is 2. The van der Waals surface area contributed by atoms with Crippen LogP contribution in [0.15, 0.2) is 23.1 Å². The molecule has 10 heteroatoms. The molecule has 7 nitrogen and oxygen atoms in total. The normalized spacial score (nSPS) is 20.1. The van der Waals surface area contributed by atoms with Gasteiger partial charge in [-0.1, -0.05) is 42.5 Å². The van der Waals surface area contributed by atoms with Crippen LogP contribution in [0.4, 0.5) is 0 Å². The van der Waals surface area contributed by atoms with Crippen molar-refractivity contribution in [3.63, 3.8) is 0 Å². The van der Waals surface area contributed by atoms with Crippen LogP contribution in [0.2, 0.25) is 10.0 Å². The molecule has 2 aromatic rings. The van der Waals surface area contributed by atoms with Crippen LogP contribution < -0.4 is 4.72 Å². The number of carbonyl (C=O) groups excluding carboxylic acids is 1. The van der Waals surface area contributed by atoms with Crippen LogP contribution in [-0.4, -0.2) is 54.6 Å². The molecule has 220 valence electrons. The molecule has 40 heavy (non-hydrogen) atoms. The lowest BCUT2D eigenvalue weighted by atomic mass is 9.84. The van der Waals surface area contributed by atoms with E-state index in [0.29, 0.717) is 30.1 Å². The summed E-state index contributed by atoms with van der Waals surface area (Å²) in [6, 6.07) is 5.14. The largest absolute Gasteiger partial charge is 0.375 e. The average molecular weight is 611 g/mol. The first kappa shape index (κ1) is 29.9. The van der Waals surface area contributed by atoms with E-state index < -0.39 is 15.6 Å². The summed E-state index contributed by atoms with van der Waals surface area (Å²) in [4.78, 5) is 15.7. The molecule has 1 aliphatic carbocycles. The maximum Gasteiger partial charge on any atom is 0.255 e. The van der Waals surface area contributed by atoms with Gasteiger partial charge in [0.05, 0.1) is 33.5 Å². The smallest absolute Gasteiger partial charge is 0.255 e. The number of piperidine rings is 1. The average Bonchev–Trinajstić information content (AvgIpc) is 3.19. The summed E-state index contributed by atoms with van der Waals surface area (Å²) < 4.78 is 36.8. The minimum atomic E-state index is -3.89. The van der Waals surface area contributed by atoms with Crippen molar-refractivity contribution in [2.24, 2.45) is 5.92 Å². The Morgan fingerprint density at radius 1 is 1.07 bits per heavy atom.